The predicted molar refractivity (Wildman–Crippen MR) is 77.9 cm³/mol. The number of hydrogen-bond donors (Lipinski definition) is 1. The van der Waals surface area contributed by atoms with Crippen molar-refractivity contribution in [3.63, 3.8) is 0 Å². The topological polar surface area (TPSA) is 24.9 Å². The van der Waals surface area contributed by atoms with Crippen molar-refractivity contribution >= 4 is 23.1 Å². The van der Waals surface area contributed by atoms with Gasteiger partial charge in [0.2, 0.25) is 0 Å². The lowest BCUT2D eigenvalue weighted by Crippen LogP contribution is -2.19. The number of aryl methyl sites for hydroxylation is 1. The van der Waals surface area contributed by atoms with Crippen molar-refractivity contribution in [3.05, 3.63) is 15.6 Å². The summed E-state index contributed by atoms with van der Waals surface area (Å²) in [5, 5.41) is 4.71. The molecule has 1 heterocycles. The van der Waals surface area contributed by atoms with Crippen LogP contribution >= 0.6 is 23.1 Å². The van der Waals surface area contributed by atoms with E-state index in [1.165, 1.54) is 34.8 Å². The molecular weight excluding hydrogens is 248 g/mol. The quantitative estimate of drug-likeness (QED) is 0.905. The van der Waals surface area contributed by atoms with E-state index in [-0.39, 0.29) is 0 Å². The summed E-state index contributed by atoms with van der Waals surface area (Å²) in [6.45, 7) is 6.80. The average Bonchev–Trinajstić information content (AvgIpc) is 2.67. The number of aromatic nitrogens is 1. The van der Waals surface area contributed by atoms with Gasteiger partial charge in [-0.15, -0.1) is 23.1 Å². The standard InChI is InChI=1S/C13H22N2S2/c1-13(2,3)16-8-11-15-10-7-5-6-9(14-4)12(10)17-11/h9,14H,5-8H2,1-4H3. The lowest BCUT2D eigenvalue weighted by atomic mass is 9.98. The Labute approximate surface area is 113 Å². The summed E-state index contributed by atoms with van der Waals surface area (Å²) in [7, 11) is 2.06. The van der Waals surface area contributed by atoms with Crippen molar-refractivity contribution in [2.45, 2.75) is 56.6 Å². The van der Waals surface area contributed by atoms with Gasteiger partial charge in [0, 0.05) is 21.4 Å². The molecule has 0 fully saturated rings. The monoisotopic (exact) mass is 270 g/mol. The van der Waals surface area contributed by atoms with E-state index in [0.717, 1.165) is 5.75 Å². The summed E-state index contributed by atoms with van der Waals surface area (Å²) < 4.78 is 0.328. The molecule has 0 spiro atoms. The van der Waals surface area contributed by atoms with Crippen LogP contribution in [0.3, 0.4) is 0 Å². The first-order valence-corrected chi connectivity index (χ1v) is 8.09. The number of thioether (sulfide) groups is 1. The highest BCUT2D eigenvalue weighted by atomic mass is 32.2. The molecule has 0 radical (unpaired) electrons. The largest absolute Gasteiger partial charge is 0.312 e. The van der Waals surface area contributed by atoms with Crippen molar-refractivity contribution in [2.75, 3.05) is 7.05 Å². The molecule has 1 aliphatic rings. The predicted octanol–water partition coefficient (Wildman–Crippen LogP) is 3.77. The average molecular weight is 270 g/mol. The van der Waals surface area contributed by atoms with Crippen LogP contribution in [0.1, 0.15) is 55.2 Å². The van der Waals surface area contributed by atoms with Crippen molar-refractivity contribution in [3.8, 4) is 0 Å². The maximum Gasteiger partial charge on any atom is 0.103 e. The number of rotatable bonds is 3. The fourth-order valence-corrected chi connectivity index (χ4v) is 4.17. The fraction of sp³-hybridized carbons (Fsp3) is 0.769. The summed E-state index contributed by atoms with van der Waals surface area (Å²) in [5.74, 6) is 1.05. The highest BCUT2D eigenvalue weighted by Crippen LogP contribution is 2.36. The molecule has 1 N–H and O–H groups in total. The minimum absolute atomic E-state index is 0.328. The molecule has 1 aliphatic carbocycles. The minimum atomic E-state index is 0.328. The van der Waals surface area contributed by atoms with Gasteiger partial charge in [0.05, 0.1) is 5.69 Å². The van der Waals surface area contributed by atoms with Gasteiger partial charge >= 0.3 is 0 Å². The summed E-state index contributed by atoms with van der Waals surface area (Å²) >= 11 is 3.90. The van der Waals surface area contributed by atoms with Crippen LogP contribution in [0.4, 0.5) is 0 Å². The molecule has 0 bridgehead atoms. The number of nitrogens with zero attached hydrogens (tertiary/aromatic N) is 1. The van der Waals surface area contributed by atoms with Gasteiger partial charge in [-0.2, -0.15) is 0 Å². The molecule has 4 heteroatoms. The number of fused-ring (bicyclic) bond motifs is 1. The van der Waals surface area contributed by atoms with Gasteiger partial charge in [0.25, 0.3) is 0 Å². The van der Waals surface area contributed by atoms with Gasteiger partial charge in [-0.1, -0.05) is 20.8 Å². The van der Waals surface area contributed by atoms with Crippen molar-refractivity contribution in [1.29, 1.82) is 0 Å². The van der Waals surface area contributed by atoms with Gasteiger partial charge in [0.1, 0.15) is 5.01 Å². The van der Waals surface area contributed by atoms with Crippen LogP contribution in [0.15, 0.2) is 0 Å². The van der Waals surface area contributed by atoms with Gasteiger partial charge in [-0.25, -0.2) is 4.98 Å². The summed E-state index contributed by atoms with van der Waals surface area (Å²) in [6, 6.07) is 0.546. The van der Waals surface area contributed by atoms with Gasteiger partial charge in [-0.3, -0.25) is 0 Å². The first-order chi connectivity index (χ1) is 7.99. The molecular formula is C13H22N2S2. The molecule has 1 unspecified atom stereocenters. The molecule has 96 valence electrons. The van der Waals surface area contributed by atoms with Gasteiger partial charge in [-0.05, 0) is 26.3 Å². The molecule has 0 saturated carbocycles. The van der Waals surface area contributed by atoms with E-state index in [0.29, 0.717) is 10.8 Å². The van der Waals surface area contributed by atoms with Gasteiger partial charge < -0.3 is 5.32 Å². The van der Waals surface area contributed by atoms with Crippen molar-refractivity contribution < 1.29 is 0 Å². The Morgan fingerprint density at radius 2 is 2.24 bits per heavy atom. The second-order valence-electron chi connectivity index (χ2n) is 5.55. The Morgan fingerprint density at radius 3 is 2.88 bits per heavy atom. The van der Waals surface area contributed by atoms with Crippen LogP contribution < -0.4 is 5.32 Å². The SMILES string of the molecule is CNC1CCCc2nc(CSC(C)(C)C)sc21. The first kappa shape index (κ1) is 13.4. The van der Waals surface area contributed by atoms with E-state index in [9.17, 15) is 0 Å². The summed E-state index contributed by atoms with van der Waals surface area (Å²) in [5.41, 5.74) is 1.35. The molecule has 0 amide bonds. The van der Waals surface area contributed by atoms with E-state index in [2.05, 4.69) is 33.1 Å². The summed E-state index contributed by atoms with van der Waals surface area (Å²) in [6.07, 6.45) is 3.70. The molecule has 0 saturated heterocycles. The Hall–Kier alpha value is -0.0600. The molecule has 1 aromatic heterocycles. The molecule has 0 aromatic carbocycles. The molecule has 0 aliphatic heterocycles. The third kappa shape index (κ3) is 3.46. The molecule has 1 atom stereocenters. The van der Waals surface area contributed by atoms with E-state index >= 15 is 0 Å². The lowest BCUT2D eigenvalue weighted by molar-refractivity contribution is 0.501. The molecule has 1 aromatic rings. The maximum absolute atomic E-state index is 4.81. The van der Waals surface area contributed by atoms with Crippen molar-refractivity contribution in [2.24, 2.45) is 0 Å². The van der Waals surface area contributed by atoms with Crippen molar-refractivity contribution in [1.82, 2.24) is 10.3 Å². The van der Waals surface area contributed by atoms with E-state index in [1.807, 2.05) is 23.1 Å². The van der Waals surface area contributed by atoms with Crippen LogP contribution in [-0.2, 0) is 12.2 Å². The third-order valence-corrected chi connectivity index (χ3v) is 5.65. The zero-order valence-corrected chi connectivity index (χ0v) is 12.8. The van der Waals surface area contributed by atoms with Gasteiger partial charge in [0.15, 0.2) is 0 Å². The number of thiazole rings is 1. The van der Waals surface area contributed by atoms with Crippen LogP contribution in [0.25, 0.3) is 0 Å². The zero-order valence-electron chi connectivity index (χ0n) is 11.2. The Balaban J connectivity index is 2.08. The first-order valence-electron chi connectivity index (χ1n) is 6.29. The second kappa shape index (κ2) is 5.29. The third-order valence-electron chi connectivity index (χ3n) is 2.97. The molecule has 2 nitrogen and oxygen atoms in total. The Bertz CT molecular complexity index is 379. The highest BCUT2D eigenvalue weighted by molar-refractivity contribution is 7.99. The van der Waals surface area contributed by atoms with Crippen LogP contribution in [0.5, 0.6) is 0 Å². The van der Waals surface area contributed by atoms with E-state index in [4.69, 9.17) is 4.98 Å². The highest BCUT2D eigenvalue weighted by Gasteiger charge is 2.23. The van der Waals surface area contributed by atoms with E-state index in [1.54, 1.807) is 0 Å². The summed E-state index contributed by atoms with van der Waals surface area (Å²) in [4.78, 5) is 6.30. The normalized spacial score (nSPS) is 20.4. The van der Waals surface area contributed by atoms with E-state index < -0.39 is 0 Å². The fourth-order valence-electron chi connectivity index (χ4n) is 2.09. The Kier molecular flexibility index (Phi) is 4.16. The Morgan fingerprint density at radius 1 is 1.47 bits per heavy atom. The number of hydrogen-bond acceptors (Lipinski definition) is 4. The number of nitrogens with one attached hydrogen (secondary N) is 1. The molecule has 2 rings (SSSR count). The second-order valence-corrected chi connectivity index (χ2v) is 8.47. The minimum Gasteiger partial charge on any atom is -0.312 e. The van der Waals surface area contributed by atoms with Crippen LogP contribution in [0, 0.1) is 0 Å². The smallest absolute Gasteiger partial charge is 0.103 e. The zero-order chi connectivity index (χ0) is 12.5. The lowest BCUT2D eigenvalue weighted by Gasteiger charge is -2.20. The van der Waals surface area contributed by atoms with Crippen LogP contribution in [-0.4, -0.2) is 16.8 Å². The van der Waals surface area contributed by atoms with Crippen LogP contribution in [0.2, 0.25) is 0 Å². The maximum atomic E-state index is 4.81. The molecule has 17 heavy (non-hydrogen) atoms.